The molecule has 7 heteroatoms. The van der Waals surface area contributed by atoms with Crippen LogP contribution >= 0.6 is 0 Å². The van der Waals surface area contributed by atoms with Crippen LogP contribution in [0.4, 0.5) is 13.2 Å². The minimum absolute atomic E-state index is 0.00573. The van der Waals surface area contributed by atoms with Gasteiger partial charge in [0.25, 0.3) is 0 Å². The van der Waals surface area contributed by atoms with Gasteiger partial charge in [-0.1, -0.05) is 0 Å². The zero-order chi connectivity index (χ0) is 14.6. The van der Waals surface area contributed by atoms with Gasteiger partial charge in [-0.25, -0.2) is 4.79 Å². The van der Waals surface area contributed by atoms with Gasteiger partial charge in [0, 0.05) is 12.8 Å². The smallest absolute Gasteiger partial charge is 0.433 e. The number of hydrogen-bond acceptors (Lipinski definition) is 4. The Morgan fingerprint density at radius 2 is 2.20 bits per heavy atom. The number of pyridine rings is 1. The van der Waals surface area contributed by atoms with E-state index in [2.05, 4.69) is 4.98 Å². The summed E-state index contributed by atoms with van der Waals surface area (Å²) in [5.41, 5.74) is -1.04. The molecule has 1 aromatic heterocycles. The third-order valence-electron chi connectivity index (χ3n) is 2.96. The maximum absolute atomic E-state index is 12.3. The highest BCUT2D eigenvalue weighted by Crippen LogP contribution is 2.27. The van der Waals surface area contributed by atoms with Gasteiger partial charge >= 0.3 is 12.1 Å². The number of esters is 1. The second-order valence-electron chi connectivity index (χ2n) is 4.52. The van der Waals surface area contributed by atoms with Crippen LogP contribution < -0.4 is 0 Å². The SMILES string of the molecule is O=C(OCC1CCCCO1)c1ccc(C(F)(F)F)nc1. The lowest BCUT2D eigenvalue weighted by molar-refractivity contribution is -0.141. The Morgan fingerprint density at radius 1 is 1.40 bits per heavy atom. The molecule has 0 saturated carbocycles. The fraction of sp³-hybridized carbons (Fsp3) is 0.538. The first kappa shape index (κ1) is 14.8. The Kier molecular flexibility index (Phi) is 4.59. The summed E-state index contributed by atoms with van der Waals surface area (Å²) in [5.74, 6) is -0.694. The molecular formula is C13H14F3NO3. The molecule has 0 N–H and O–H groups in total. The Balaban J connectivity index is 1.89. The summed E-state index contributed by atoms with van der Waals surface area (Å²) in [7, 11) is 0. The van der Waals surface area contributed by atoms with E-state index in [1.807, 2.05) is 0 Å². The van der Waals surface area contributed by atoms with Gasteiger partial charge in [-0.15, -0.1) is 0 Å². The van der Waals surface area contributed by atoms with Gasteiger partial charge < -0.3 is 9.47 Å². The summed E-state index contributed by atoms with van der Waals surface area (Å²) >= 11 is 0. The molecule has 1 unspecified atom stereocenters. The minimum Gasteiger partial charge on any atom is -0.459 e. The summed E-state index contributed by atoms with van der Waals surface area (Å²) in [4.78, 5) is 14.9. The van der Waals surface area contributed by atoms with E-state index in [0.29, 0.717) is 6.61 Å². The van der Waals surface area contributed by atoms with E-state index in [9.17, 15) is 18.0 Å². The first-order valence-corrected chi connectivity index (χ1v) is 6.29. The number of rotatable bonds is 3. The number of halogens is 3. The Labute approximate surface area is 113 Å². The fourth-order valence-corrected chi connectivity index (χ4v) is 1.87. The highest BCUT2D eigenvalue weighted by atomic mass is 19.4. The molecule has 0 spiro atoms. The molecule has 4 nitrogen and oxygen atoms in total. The summed E-state index contributed by atoms with van der Waals surface area (Å²) in [6.45, 7) is 0.754. The van der Waals surface area contributed by atoms with Crippen molar-refractivity contribution in [3.8, 4) is 0 Å². The third-order valence-corrected chi connectivity index (χ3v) is 2.96. The Bertz CT molecular complexity index is 453. The highest BCUT2D eigenvalue weighted by Gasteiger charge is 2.32. The van der Waals surface area contributed by atoms with Crippen LogP contribution in [0.5, 0.6) is 0 Å². The molecule has 1 atom stereocenters. The van der Waals surface area contributed by atoms with Gasteiger partial charge in [0.05, 0.1) is 11.7 Å². The molecule has 1 saturated heterocycles. The monoisotopic (exact) mass is 289 g/mol. The van der Waals surface area contributed by atoms with E-state index in [4.69, 9.17) is 9.47 Å². The van der Waals surface area contributed by atoms with Crippen LogP contribution in [0.2, 0.25) is 0 Å². The maximum Gasteiger partial charge on any atom is 0.433 e. The van der Waals surface area contributed by atoms with Crippen LogP contribution in [0.15, 0.2) is 18.3 Å². The molecule has 1 fully saturated rings. The molecule has 2 rings (SSSR count). The van der Waals surface area contributed by atoms with Crippen molar-refractivity contribution in [2.75, 3.05) is 13.2 Å². The molecular weight excluding hydrogens is 275 g/mol. The largest absolute Gasteiger partial charge is 0.459 e. The predicted octanol–water partition coefficient (Wildman–Crippen LogP) is 2.83. The average molecular weight is 289 g/mol. The molecule has 1 aliphatic heterocycles. The third kappa shape index (κ3) is 3.93. The molecule has 0 aliphatic carbocycles. The van der Waals surface area contributed by atoms with Crippen molar-refractivity contribution in [3.05, 3.63) is 29.6 Å². The van der Waals surface area contributed by atoms with Crippen LogP contribution in [-0.4, -0.2) is 30.3 Å². The van der Waals surface area contributed by atoms with E-state index >= 15 is 0 Å². The standard InChI is InChI=1S/C13H14F3NO3/c14-13(15,16)11-5-4-9(7-17-11)12(18)20-8-10-3-1-2-6-19-10/h4-5,7,10H,1-3,6,8H2. The molecule has 0 aromatic carbocycles. The second-order valence-corrected chi connectivity index (χ2v) is 4.52. The topological polar surface area (TPSA) is 48.4 Å². The molecule has 20 heavy (non-hydrogen) atoms. The predicted molar refractivity (Wildman–Crippen MR) is 63.1 cm³/mol. The molecule has 110 valence electrons. The van der Waals surface area contributed by atoms with E-state index in [1.165, 1.54) is 0 Å². The van der Waals surface area contributed by atoms with Crippen LogP contribution in [-0.2, 0) is 15.7 Å². The van der Waals surface area contributed by atoms with E-state index in [0.717, 1.165) is 37.6 Å². The molecule has 2 heterocycles. The van der Waals surface area contributed by atoms with E-state index in [-0.39, 0.29) is 18.3 Å². The maximum atomic E-state index is 12.3. The quantitative estimate of drug-likeness (QED) is 0.803. The normalized spacial score (nSPS) is 19.6. The number of aromatic nitrogens is 1. The van der Waals surface area contributed by atoms with Gasteiger partial charge in [-0.3, -0.25) is 4.98 Å². The molecule has 0 amide bonds. The number of carbonyl (C=O) groups is 1. The molecule has 1 aliphatic rings. The fourth-order valence-electron chi connectivity index (χ4n) is 1.87. The highest BCUT2D eigenvalue weighted by molar-refractivity contribution is 5.89. The van der Waals surface area contributed by atoms with Crippen LogP contribution in [0.1, 0.15) is 35.3 Å². The Morgan fingerprint density at radius 3 is 2.75 bits per heavy atom. The number of hydrogen-bond donors (Lipinski definition) is 0. The van der Waals surface area contributed by atoms with Gasteiger partial charge in [0.1, 0.15) is 12.3 Å². The number of ether oxygens (including phenoxy) is 2. The zero-order valence-electron chi connectivity index (χ0n) is 10.7. The van der Waals surface area contributed by atoms with Crippen molar-refractivity contribution < 1.29 is 27.4 Å². The van der Waals surface area contributed by atoms with Crippen molar-refractivity contribution in [2.24, 2.45) is 0 Å². The lowest BCUT2D eigenvalue weighted by Gasteiger charge is -2.22. The zero-order valence-corrected chi connectivity index (χ0v) is 10.7. The Hall–Kier alpha value is -1.63. The first-order valence-electron chi connectivity index (χ1n) is 6.29. The van der Waals surface area contributed by atoms with E-state index in [1.54, 1.807) is 0 Å². The molecule has 0 bridgehead atoms. The lowest BCUT2D eigenvalue weighted by Crippen LogP contribution is -2.26. The van der Waals surface area contributed by atoms with Crippen molar-refractivity contribution in [2.45, 2.75) is 31.5 Å². The summed E-state index contributed by atoms with van der Waals surface area (Å²) in [6, 6.07) is 1.81. The summed E-state index contributed by atoms with van der Waals surface area (Å²) in [6.07, 6.45) is -0.948. The average Bonchev–Trinajstić information content (AvgIpc) is 2.45. The number of carbonyl (C=O) groups excluding carboxylic acids is 1. The van der Waals surface area contributed by atoms with Crippen LogP contribution in [0, 0.1) is 0 Å². The van der Waals surface area contributed by atoms with Gasteiger partial charge in [0.2, 0.25) is 0 Å². The summed E-state index contributed by atoms with van der Waals surface area (Å²) < 4.78 is 47.3. The number of alkyl halides is 3. The molecule has 1 aromatic rings. The first-order chi connectivity index (χ1) is 9.47. The summed E-state index contributed by atoms with van der Waals surface area (Å²) in [5, 5.41) is 0. The van der Waals surface area contributed by atoms with E-state index < -0.39 is 17.8 Å². The van der Waals surface area contributed by atoms with Crippen molar-refractivity contribution >= 4 is 5.97 Å². The van der Waals surface area contributed by atoms with Crippen molar-refractivity contribution in [1.29, 1.82) is 0 Å². The van der Waals surface area contributed by atoms with Gasteiger partial charge in [-0.05, 0) is 31.4 Å². The lowest BCUT2D eigenvalue weighted by atomic mass is 10.1. The van der Waals surface area contributed by atoms with Crippen LogP contribution in [0.3, 0.4) is 0 Å². The second kappa shape index (κ2) is 6.21. The molecule has 0 radical (unpaired) electrons. The van der Waals surface area contributed by atoms with Gasteiger partial charge in [-0.2, -0.15) is 13.2 Å². The number of nitrogens with zero attached hydrogens (tertiary/aromatic N) is 1. The minimum atomic E-state index is -4.52. The van der Waals surface area contributed by atoms with Crippen molar-refractivity contribution in [1.82, 2.24) is 4.98 Å². The van der Waals surface area contributed by atoms with Crippen molar-refractivity contribution in [3.63, 3.8) is 0 Å². The van der Waals surface area contributed by atoms with Gasteiger partial charge in [0.15, 0.2) is 0 Å². The van der Waals surface area contributed by atoms with Crippen LogP contribution in [0.25, 0.3) is 0 Å².